The third-order valence-electron chi connectivity index (χ3n) is 4.13. The zero-order valence-electron chi connectivity index (χ0n) is 13.0. The smallest absolute Gasteiger partial charge is 0.227 e. The second-order valence-electron chi connectivity index (χ2n) is 6.05. The molecular weight excluding hydrogens is 290 g/mol. The number of ether oxygens (including phenoxy) is 1. The summed E-state index contributed by atoms with van der Waals surface area (Å²) in [5.41, 5.74) is 0.0239. The van der Waals surface area contributed by atoms with Gasteiger partial charge in [0, 0.05) is 6.54 Å². The molecule has 1 saturated heterocycles. The maximum absolute atomic E-state index is 12.4. The van der Waals surface area contributed by atoms with E-state index in [4.69, 9.17) is 4.74 Å². The number of benzene rings is 2. The Morgan fingerprint density at radius 3 is 2.43 bits per heavy atom. The van der Waals surface area contributed by atoms with Gasteiger partial charge in [-0.3, -0.25) is 4.79 Å². The van der Waals surface area contributed by atoms with E-state index >= 15 is 0 Å². The van der Waals surface area contributed by atoms with Crippen LogP contribution in [0.2, 0.25) is 0 Å². The highest BCUT2D eigenvalue weighted by molar-refractivity contribution is 5.79. The molecular formula is C19H21NO3. The van der Waals surface area contributed by atoms with Crippen LogP contribution in [-0.2, 0) is 11.2 Å². The number of para-hydroxylation sites is 1. The molecule has 3 rings (SSSR count). The summed E-state index contributed by atoms with van der Waals surface area (Å²) in [5.74, 6) is 0.779. The Bertz CT molecular complexity index is 644. The molecule has 23 heavy (non-hydrogen) atoms. The SMILES string of the molecule is O=C(Cc1ccccc1)N1CC[C@](O)(COc2ccccc2)C1. The highest BCUT2D eigenvalue weighted by Crippen LogP contribution is 2.23. The van der Waals surface area contributed by atoms with Crippen LogP contribution in [-0.4, -0.2) is 41.2 Å². The fraction of sp³-hybridized carbons (Fsp3) is 0.316. The molecule has 0 saturated carbocycles. The summed E-state index contributed by atoms with van der Waals surface area (Å²) in [6, 6.07) is 19.1. The van der Waals surface area contributed by atoms with Gasteiger partial charge in [0.05, 0.1) is 13.0 Å². The first-order valence-electron chi connectivity index (χ1n) is 7.87. The van der Waals surface area contributed by atoms with Gasteiger partial charge >= 0.3 is 0 Å². The van der Waals surface area contributed by atoms with E-state index < -0.39 is 5.60 Å². The Hall–Kier alpha value is -2.33. The van der Waals surface area contributed by atoms with Gasteiger partial charge in [0.15, 0.2) is 0 Å². The van der Waals surface area contributed by atoms with E-state index in [9.17, 15) is 9.90 Å². The van der Waals surface area contributed by atoms with E-state index in [1.807, 2.05) is 60.7 Å². The van der Waals surface area contributed by atoms with Crippen LogP contribution in [0.1, 0.15) is 12.0 Å². The molecule has 2 aromatic carbocycles. The summed E-state index contributed by atoms with van der Waals surface area (Å²) in [6.07, 6.45) is 0.914. The van der Waals surface area contributed by atoms with Crippen molar-refractivity contribution in [1.82, 2.24) is 4.90 Å². The first kappa shape index (κ1) is 15.6. The lowest BCUT2D eigenvalue weighted by atomic mass is 10.1. The number of aliphatic hydroxyl groups is 1. The number of β-amino-alcohol motifs (C(OH)–C–C–N with tert-alkyl or cyclic N) is 1. The van der Waals surface area contributed by atoms with Crippen LogP contribution in [0.4, 0.5) is 0 Å². The molecule has 1 atom stereocenters. The summed E-state index contributed by atoms with van der Waals surface area (Å²) < 4.78 is 5.65. The van der Waals surface area contributed by atoms with E-state index in [0.717, 1.165) is 11.3 Å². The summed E-state index contributed by atoms with van der Waals surface area (Å²) >= 11 is 0. The number of nitrogens with zero attached hydrogens (tertiary/aromatic N) is 1. The minimum atomic E-state index is -0.970. The van der Waals surface area contributed by atoms with Crippen molar-refractivity contribution in [1.29, 1.82) is 0 Å². The fourth-order valence-electron chi connectivity index (χ4n) is 2.80. The van der Waals surface area contributed by atoms with Crippen LogP contribution >= 0.6 is 0 Å². The quantitative estimate of drug-likeness (QED) is 0.921. The van der Waals surface area contributed by atoms with Gasteiger partial charge in [0.1, 0.15) is 18.0 Å². The molecule has 1 aliphatic heterocycles. The number of carbonyl (C=O) groups is 1. The molecule has 0 bridgehead atoms. The molecule has 1 aliphatic rings. The topological polar surface area (TPSA) is 49.8 Å². The number of hydrogen-bond acceptors (Lipinski definition) is 3. The number of rotatable bonds is 5. The zero-order chi connectivity index (χ0) is 16.1. The van der Waals surface area contributed by atoms with Crippen LogP contribution in [0.5, 0.6) is 5.75 Å². The molecule has 0 aliphatic carbocycles. The standard InChI is InChI=1S/C19H21NO3/c21-18(13-16-7-3-1-4-8-16)20-12-11-19(22,14-20)15-23-17-9-5-2-6-10-17/h1-10,22H,11-15H2/t19-/m1/s1. The first-order valence-corrected chi connectivity index (χ1v) is 7.87. The van der Waals surface area contributed by atoms with Crippen molar-refractivity contribution < 1.29 is 14.6 Å². The lowest BCUT2D eigenvalue weighted by Gasteiger charge is -2.23. The van der Waals surface area contributed by atoms with Crippen molar-refractivity contribution in [3.63, 3.8) is 0 Å². The van der Waals surface area contributed by atoms with E-state index in [2.05, 4.69) is 0 Å². The Balaban J connectivity index is 1.53. The second-order valence-corrected chi connectivity index (χ2v) is 6.05. The normalized spacial score (nSPS) is 20.5. The molecule has 1 amide bonds. The Labute approximate surface area is 136 Å². The summed E-state index contributed by atoms with van der Waals surface area (Å²) in [4.78, 5) is 14.1. The van der Waals surface area contributed by atoms with Crippen molar-refractivity contribution in [3.05, 3.63) is 66.2 Å². The van der Waals surface area contributed by atoms with Crippen LogP contribution in [0.25, 0.3) is 0 Å². The Morgan fingerprint density at radius 1 is 1.09 bits per heavy atom. The third kappa shape index (κ3) is 4.11. The van der Waals surface area contributed by atoms with Crippen LogP contribution in [0, 0.1) is 0 Å². The number of amides is 1. The van der Waals surface area contributed by atoms with Crippen molar-refractivity contribution in [3.8, 4) is 5.75 Å². The Morgan fingerprint density at radius 2 is 1.74 bits per heavy atom. The van der Waals surface area contributed by atoms with Crippen molar-refractivity contribution >= 4 is 5.91 Å². The largest absolute Gasteiger partial charge is 0.491 e. The fourth-order valence-corrected chi connectivity index (χ4v) is 2.80. The van der Waals surface area contributed by atoms with Gasteiger partial charge in [-0.1, -0.05) is 48.5 Å². The van der Waals surface area contributed by atoms with Gasteiger partial charge in [-0.05, 0) is 24.1 Å². The lowest BCUT2D eigenvalue weighted by molar-refractivity contribution is -0.130. The molecule has 4 heteroatoms. The van der Waals surface area contributed by atoms with Gasteiger partial charge in [0.25, 0.3) is 0 Å². The number of carbonyl (C=O) groups excluding carboxylic acids is 1. The highest BCUT2D eigenvalue weighted by atomic mass is 16.5. The molecule has 1 fully saturated rings. The van der Waals surface area contributed by atoms with Crippen molar-refractivity contribution in [2.24, 2.45) is 0 Å². The average molecular weight is 311 g/mol. The maximum Gasteiger partial charge on any atom is 0.227 e. The molecule has 120 valence electrons. The molecule has 0 unspecified atom stereocenters. The molecule has 2 aromatic rings. The van der Waals surface area contributed by atoms with Gasteiger partial charge in [0.2, 0.25) is 5.91 Å². The molecule has 1 heterocycles. The predicted molar refractivity (Wildman–Crippen MR) is 88.2 cm³/mol. The van der Waals surface area contributed by atoms with Gasteiger partial charge < -0.3 is 14.7 Å². The van der Waals surface area contributed by atoms with E-state index in [0.29, 0.717) is 25.9 Å². The van der Waals surface area contributed by atoms with E-state index in [1.54, 1.807) is 4.90 Å². The molecule has 0 radical (unpaired) electrons. The molecule has 0 spiro atoms. The lowest BCUT2D eigenvalue weighted by Crippen LogP contribution is -2.41. The van der Waals surface area contributed by atoms with Gasteiger partial charge in [-0.15, -0.1) is 0 Å². The van der Waals surface area contributed by atoms with Crippen LogP contribution < -0.4 is 4.74 Å². The summed E-state index contributed by atoms with van der Waals surface area (Å²) in [5, 5.41) is 10.6. The van der Waals surface area contributed by atoms with Crippen LogP contribution in [0.3, 0.4) is 0 Å². The molecule has 1 N–H and O–H groups in total. The third-order valence-corrected chi connectivity index (χ3v) is 4.13. The van der Waals surface area contributed by atoms with Gasteiger partial charge in [-0.2, -0.15) is 0 Å². The molecule has 0 aromatic heterocycles. The van der Waals surface area contributed by atoms with Crippen molar-refractivity contribution in [2.75, 3.05) is 19.7 Å². The summed E-state index contributed by atoms with van der Waals surface area (Å²) in [6.45, 7) is 1.10. The Kier molecular flexibility index (Phi) is 4.63. The second kappa shape index (κ2) is 6.84. The first-order chi connectivity index (χ1) is 11.1. The summed E-state index contributed by atoms with van der Waals surface area (Å²) in [7, 11) is 0. The average Bonchev–Trinajstić information content (AvgIpc) is 2.98. The van der Waals surface area contributed by atoms with E-state index in [1.165, 1.54) is 0 Å². The minimum Gasteiger partial charge on any atom is -0.491 e. The van der Waals surface area contributed by atoms with Gasteiger partial charge in [-0.25, -0.2) is 0 Å². The maximum atomic E-state index is 12.4. The predicted octanol–water partition coefficient (Wildman–Crippen LogP) is 2.27. The number of likely N-dealkylation sites (tertiary alicyclic amines) is 1. The van der Waals surface area contributed by atoms with Crippen molar-refractivity contribution in [2.45, 2.75) is 18.4 Å². The minimum absolute atomic E-state index is 0.0480. The van der Waals surface area contributed by atoms with Crippen LogP contribution in [0.15, 0.2) is 60.7 Å². The monoisotopic (exact) mass is 311 g/mol. The highest BCUT2D eigenvalue weighted by Gasteiger charge is 2.38. The molecule has 4 nitrogen and oxygen atoms in total. The zero-order valence-corrected chi connectivity index (χ0v) is 13.0. The number of hydrogen-bond donors (Lipinski definition) is 1. The van der Waals surface area contributed by atoms with E-state index in [-0.39, 0.29) is 12.5 Å².